The van der Waals surface area contributed by atoms with E-state index in [1.165, 1.54) is 12.1 Å². The molecule has 0 atom stereocenters. The van der Waals surface area contributed by atoms with Gasteiger partial charge < -0.3 is 4.84 Å². The summed E-state index contributed by atoms with van der Waals surface area (Å²) in [6.45, 7) is 4.32. The van der Waals surface area contributed by atoms with E-state index in [0.717, 1.165) is 5.56 Å². The number of nitrogens with zero attached hydrogens (tertiary/aromatic N) is 2. The van der Waals surface area contributed by atoms with Gasteiger partial charge in [-0.25, -0.2) is 0 Å². The number of nitro benzene ring substituents is 1. The SMILES string of the molecule is CC(C)/C=N/OCc1ccc([N+](=O)[O-])cc1. The van der Waals surface area contributed by atoms with Gasteiger partial charge in [0.25, 0.3) is 5.69 Å². The lowest BCUT2D eigenvalue weighted by atomic mass is 10.2. The fraction of sp³-hybridized carbons (Fsp3) is 0.364. The van der Waals surface area contributed by atoms with Gasteiger partial charge in [0.2, 0.25) is 0 Å². The van der Waals surface area contributed by atoms with Gasteiger partial charge in [0, 0.05) is 18.3 Å². The summed E-state index contributed by atoms with van der Waals surface area (Å²) in [5.41, 5.74) is 0.931. The third-order valence-corrected chi connectivity index (χ3v) is 1.81. The van der Waals surface area contributed by atoms with Crippen molar-refractivity contribution in [2.45, 2.75) is 20.5 Å². The van der Waals surface area contributed by atoms with Crippen molar-refractivity contribution in [3.8, 4) is 0 Å². The van der Waals surface area contributed by atoms with Crippen LogP contribution in [0.1, 0.15) is 19.4 Å². The van der Waals surface area contributed by atoms with E-state index in [9.17, 15) is 10.1 Å². The third-order valence-electron chi connectivity index (χ3n) is 1.81. The standard InChI is InChI=1S/C11H14N2O3/c1-9(2)7-12-16-8-10-3-5-11(6-4-10)13(14)15/h3-7,9H,8H2,1-2H3/b12-7+. The molecule has 0 saturated carbocycles. The van der Waals surface area contributed by atoms with E-state index in [2.05, 4.69) is 5.16 Å². The first-order valence-corrected chi connectivity index (χ1v) is 4.98. The smallest absolute Gasteiger partial charge is 0.269 e. The van der Waals surface area contributed by atoms with E-state index in [1.807, 2.05) is 13.8 Å². The molecule has 5 heteroatoms. The monoisotopic (exact) mass is 222 g/mol. The van der Waals surface area contributed by atoms with Gasteiger partial charge >= 0.3 is 0 Å². The number of oxime groups is 1. The Balaban J connectivity index is 2.46. The van der Waals surface area contributed by atoms with Gasteiger partial charge in [-0.2, -0.15) is 0 Å². The molecule has 1 aromatic rings. The summed E-state index contributed by atoms with van der Waals surface area (Å²) < 4.78 is 0. The van der Waals surface area contributed by atoms with Crippen LogP contribution in [0.3, 0.4) is 0 Å². The Bertz CT molecular complexity index is 371. The van der Waals surface area contributed by atoms with Crippen LogP contribution >= 0.6 is 0 Å². The lowest BCUT2D eigenvalue weighted by Crippen LogP contribution is -1.92. The van der Waals surface area contributed by atoms with Gasteiger partial charge in [-0.3, -0.25) is 10.1 Å². The minimum Gasteiger partial charge on any atom is -0.391 e. The first-order valence-electron chi connectivity index (χ1n) is 4.98. The Morgan fingerprint density at radius 3 is 2.56 bits per heavy atom. The zero-order chi connectivity index (χ0) is 12.0. The minimum atomic E-state index is -0.429. The van der Waals surface area contributed by atoms with Crippen LogP contribution < -0.4 is 0 Å². The maximum Gasteiger partial charge on any atom is 0.269 e. The lowest BCUT2D eigenvalue weighted by molar-refractivity contribution is -0.384. The molecule has 0 aromatic heterocycles. The fourth-order valence-electron chi connectivity index (χ4n) is 0.990. The van der Waals surface area contributed by atoms with Gasteiger partial charge in [0.15, 0.2) is 0 Å². The predicted molar refractivity (Wildman–Crippen MR) is 61.2 cm³/mol. The third kappa shape index (κ3) is 4.08. The van der Waals surface area contributed by atoms with Crippen LogP contribution in [0.25, 0.3) is 0 Å². The molecule has 1 aromatic carbocycles. The van der Waals surface area contributed by atoms with Crippen LogP contribution in [0.5, 0.6) is 0 Å². The second-order valence-corrected chi connectivity index (χ2v) is 3.70. The number of hydrogen-bond donors (Lipinski definition) is 0. The largest absolute Gasteiger partial charge is 0.391 e. The molecule has 0 bridgehead atoms. The highest BCUT2D eigenvalue weighted by atomic mass is 16.6. The Morgan fingerprint density at radius 2 is 2.06 bits per heavy atom. The van der Waals surface area contributed by atoms with Crippen molar-refractivity contribution in [1.82, 2.24) is 0 Å². The van der Waals surface area contributed by atoms with E-state index in [1.54, 1.807) is 18.3 Å². The maximum absolute atomic E-state index is 10.4. The summed E-state index contributed by atoms with van der Waals surface area (Å²) in [6.07, 6.45) is 1.70. The van der Waals surface area contributed by atoms with Gasteiger partial charge in [-0.1, -0.05) is 19.0 Å². The molecule has 0 saturated heterocycles. The van der Waals surface area contributed by atoms with Crippen molar-refractivity contribution in [3.63, 3.8) is 0 Å². The van der Waals surface area contributed by atoms with Crippen molar-refractivity contribution in [2.75, 3.05) is 0 Å². The maximum atomic E-state index is 10.4. The van der Waals surface area contributed by atoms with E-state index < -0.39 is 4.92 Å². The van der Waals surface area contributed by atoms with E-state index in [-0.39, 0.29) is 5.69 Å². The zero-order valence-electron chi connectivity index (χ0n) is 9.29. The van der Waals surface area contributed by atoms with Gasteiger partial charge in [0.1, 0.15) is 6.61 Å². The van der Waals surface area contributed by atoms with E-state index in [0.29, 0.717) is 12.5 Å². The molecule has 1 rings (SSSR count). The van der Waals surface area contributed by atoms with Crippen LogP contribution in [-0.2, 0) is 11.4 Å². The second-order valence-electron chi connectivity index (χ2n) is 3.70. The average Bonchev–Trinajstić information content (AvgIpc) is 2.25. The summed E-state index contributed by atoms with van der Waals surface area (Å²) in [6, 6.07) is 6.21. The van der Waals surface area contributed by atoms with Crippen LogP contribution in [0.4, 0.5) is 5.69 Å². The number of benzene rings is 1. The molecule has 0 fully saturated rings. The molecule has 0 aliphatic rings. The van der Waals surface area contributed by atoms with Crippen molar-refractivity contribution >= 4 is 11.9 Å². The molecule has 0 heterocycles. The van der Waals surface area contributed by atoms with E-state index >= 15 is 0 Å². The Morgan fingerprint density at radius 1 is 1.44 bits per heavy atom. The van der Waals surface area contributed by atoms with Crippen LogP contribution in [-0.4, -0.2) is 11.1 Å². The molecule has 0 N–H and O–H groups in total. The lowest BCUT2D eigenvalue weighted by Gasteiger charge is -2.00. The zero-order valence-corrected chi connectivity index (χ0v) is 9.29. The van der Waals surface area contributed by atoms with Crippen LogP contribution in [0.2, 0.25) is 0 Å². The molecule has 0 aliphatic carbocycles. The van der Waals surface area contributed by atoms with Crippen molar-refractivity contribution in [2.24, 2.45) is 11.1 Å². The number of hydrogen-bond acceptors (Lipinski definition) is 4. The summed E-state index contributed by atoms with van der Waals surface area (Å²) >= 11 is 0. The Hall–Kier alpha value is -1.91. The van der Waals surface area contributed by atoms with E-state index in [4.69, 9.17) is 4.84 Å². The molecule has 5 nitrogen and oxygen atoms in total. The molecular weight excluding hydrogens is 208 g/mol. The normalized spacial score (nSPS) is 10.9. The molecule has 0 aliphatic heterocycles. The number of rotatable bonds is 5. The topological polar surface area (TPSA) is 64.7 Å². The molecule has 0 amide bonds. The predicted octanol–water partition coefficient (Wildman–Crippen LogP) is 2.75. The Labute approximate surface area is 93.9 Å². The van der Waals surface area contributed by atoms with Gasteiger partial charge in [-0.05, 0) is 23.6 Å². The fourth-order valence-corrected chi connectivity index (χ4v) is 0.990. The van der Waals surface area contributed by atoms with Crippen LogP contribution in [0.15, 0.2) is 29.4 Å². The molecule has 16 heavy (non-hydrogen) atoms. The minimum absolute atomic E-state index is 0.0782. The molecule has 0 unspecified atom stereocenters. The first-order chi connectivity index (χ1) is 7.59. The number of nitro groups is 1. The van der Waals surface area contributed by atoms with Gasteiger partial charge in [-0.15, -0.1) is 0 Å². The molecule has 0 radical (unpaired) electrons. The Kier molecular flexibility index (Phi) is 4.44. The molecule has 86 valence electrons. The highest BCUT2D eigenvalue weighted by Gasteiger charge is 2.03. The summed E-state index contributed by atoms with van der Waals surface area (Å²) in [5.74, 6) is 0.344. The highest BCUT2D eigenvalue weighted by molar-refractivity contribution is 5.58. The second kappa shape index (κ2) is 5.85. The van der Waals surface area contributed by atoms with Crippen LogP contribution in [0, 0.1) is 16.0 Å². The first kappa shape index (κ1) is 12.2. The summed E-state index contributed by atoms with van der Waals surface area (Å²) in [7, 11) is 0. The summed E-state index contributed by atoms with van der Waals surface area (Å²) in [5, 5.41) is 14.2. The quantitative estimate of drug-likeness (QED) is 0.437. The highest BCUT2D eigenvalue weighted by Crippen LogP contribution is 2.12. The molecule has 0 spiro atoms. The van der Waals surface area contributed by atoms with Crippen molar-refractivity contribution < 1.29 is 9.76 Å². The average molecular weight is 222 g/mol. The van der Waals surface area contributed by atoms with Gasteiger partial charge in [0.05, 0.1) is 4.92 Å². The number of non-ortho nitro benzene ring substituents is 1. The van der Waals surface area contributed by atoms with Crippen molar-refractivity contribution in [3.05, 3.63) is 39.9 Å². The van der Waals surface area contributed by atoms with Crippen molar-refractivity contribution in [1.29, 1.82) is 0 Å². The summed E-state index contributed by atoms with van der Waals surface area (Å²) in [4.78, 5) is 15.0. The molecular formula is C11H14N2O3.